The van der Waals surface area contributed by atoms with Crippen molar-refractivity contribution >= 4 is 17.8 Å². The maximum Gasteiger partial charge on any atom is 0.303 e. The lowest BCUT2D eigenvalue weighted by molar-refractivity contribution is -0.137. The monoisotopic (exact) mass is 287 g/mol. The Hall–Kier alpha value is -1.63. The molecular weight excluding hydrogens is 262 g/mol. The van der Waals surface area contributed by atoms with Crippen LogP contribution in [0.25, 0.3) is 0 Å². The van der Waals surface area contributed by atoms with E-state index in [0.29, 0.717) is 19.5 Å². The van der Waals surface area contributed by atoms with Gasteiger partial charge in [0.1, 0.15) is 0 Å². The van der Waals surface area contributed by atoms with E-state index in [2.05, 4.69) is 10.6 Å². The summed E-state index contributed by atoms with van der Waals surface area (Å²) < 4.78 is 0. The van der Waals surface area contributed by atoms with Crippen molar-refractivity contribution in [1.29, 1.82) is 0 Å². The average molecular weight is 287 g/mol. The first-order valence-corrected chi connectivity index (χ1v) is 6.86. The van der Waals surface area contributed by atoms with Gasteiger partial charge < -0.3 is 20.6 Å². The van der Waals surface area contributed by atoms with Gasteiger partial charge in [-0.1, -0.05) is 0 Å². The van der Waals surface area contributed by atoms with E-state index in [1.165, 1.54) is 4.90 Å². The van der Waals surface area contributed by atoms with Gasteiger partial charge in [-0.2, -0.15) is 0 Å². The summed E-state index contributed by atoms with van der Waals surface area (Å²) in [7, 11) is 0. The Kier molecular flexibility index (Phi) is 9.36. The Morgan fingerprint density at radius 2 is 1.90 bits per heavy atom. The molecule has 0 heterocycles. The Morgan fingerprint density at radius 1 is 1.25 bits per heavy atom. The van der Waals surface area contributed by atoms with Gasteiger partial charge in [0, 0.05) is 19.0 Å². The summed E-state index contributed by atoms with van der Waals surface area (Å²) in [6.45, 7) is 6.62. The van der Waals surface area contributed by atoms with Crippen molar-refractivity contribution < 1.29 is 19.5 Å². The van der Waals surface area contributed by atoms with Crippen molar-refractivity contribution in [2.75, 3.05) is 26.2 Å². The van der Waals surface area contributed by atoms with E-state index in [4.69, 9.17) is 5.11 Å². The molecule has 0 rings (SSSR count). The molecular formula is C13H25N3O4. The number of likely N-dealkylation sites (N-methyl/N-ethyl adjacent to an activating group) is 1. The molecule has 0 radical (unpaired) electrons. The maximum absolute atomic E-state index is 11.9. The molecule has 7 heteroatoms. The number of nitrogens with one attached hydrogen (secondary N) is 2. The standard InChI is InChI=1S/C13H25N3O4/c1-4-16(9-11(17)15-10(2)3)12(18)8-14-7-5-6-13(19)20/h10,14H,4-9H2,1-3H3,(H,15,17)(H,19,20). The van der Waals surface area contributed by atoms with E-state index in [1.807, 2.05) is 20.8 Å². The van der Waals surface area contributed by atoms with Gasteiger partial charge in [0.15, 0.2) is 0 Å². The van der Waals surface area contributed by atoms with Crippen molar-refractivity contribution in [2.24, 2.45) is 0 Å². The summed E-state index contributed by atoms with van der Waals surface area (Å²) in [4.78, 5) is 35.2. The highest BCUT2D eigenvalue weighted by Gasteiger charge is 2.15. The fraction of sp³-hybridized carbons (Fsp3) is 0.769. The molecule has 0 aliphatic heterocycles. The third kappa shape index (κ3) is 9.32. The number of nitrogens with zero attached hydrogens (tertiary/aromatic N) is 1. The van der Waals surface area contributed by atoms with Gasteiger partial charge in [-0.3, -0.25) is 14.4 Å². The Balaban J connectivity index is 3.96. The first-order chi connectivity index (χ1) is 9.36. The number of amides is 2. The zero-order valence-electron chi connectivity index (χ0n) is 12.4. The van der Waals surface area contributed by atoms with Crippen molar-refractivity contribution in [3.63, 3.8) is 0 Å². The van der Waals surface area contributed by atoms with E-state index in [1.54, 1.807) is 0 Å². The Morgan fingerprint density at radius 3 is 2.40 bits per heavy atom. The highest BCUT2D eigenvalue weighted by atomic mass is 16.4. The molecule has 0 bridgehead atoms. The van der Waals surface area contributed by atoms with Crippen molar-refractivity contribution in [3.8, 4) is 0 Å². The van der Waals surface area contributed by atoms with Gasteiger partial charge in [-0.15, -0.1) is 0 Å². The second kappa shape index (κ2) is 10.2. The first kappa shape index (κ1) is 18.4. The van der Waals surface area contributed by atoms with Crippen LogP contribution in [0.1, 0.15) is 33.6 Å². The molecule has 7 nitrogen and oxygen atoms in total. The second-order valence-corrected chi connectivity index (χ2v) is 4.80. The van der Waals surface area contributed by atoms with Crippen LogP contribution in [0, 0.1) is 0 Å². The molecule has 0 aliphatic rings. The largest absolute Gasteiger partial charge is 0.481 e. The number of hydrogen-bond acceptors (Lipinski definition) is 4. The van der Waals surface area contributed by atoms with Gasteiger partial charge in [0.25, 0.3) is 0 Å². The Bertz CT molecular complexity index is 332. The Labute approximate surface area is 119 Å². The smallest absolute Gasteiger partial charge is 0.303 e. The molecule has 0 aliphatic carbocycles. The number of carboxylic acids is 1. The van der Waals surface area contributed by atoms with Gasteiger partial charge >= 0.3 is 5.97 Å². The van der Waals surface area contributed by atoms with Crippen molar-refractivity contribution in [3.05, 3.63) is 0 Å². The number of rotatable bonds is 10. The highest BCUT2D eigenvalue weighted by molar-refractivity contribution is 5.85. The van der Waals surface area contributed by atoms with Crippen LogP contribution in [0.2, 0.25) is 0 Å². The predicted octanol–water partition coefficient (Wildman–Crippen LogP) is -0.186. The predicted molar refractivity (Wildman–Crippen MR) is 75.3 cm³/mol. The van der Waals surface area contributed by atoms with Gasteiger partial charge in [0.2, 0.25) is 11.8 Å². The zero-order valence-corrected chi connectivity index (χ0v) is 12.4. The van der Waals surface area contributed by atoms with Crippen LogP contribution in [0.15, 0.2) is 0 Å². The molecule has 3 N–H and O–H groups in total. The molecule has 20 heavy (non-hydrogen) atoms. The maximum atomic E-state index is 11.9. The molecule has 0 saturated heterocycles. The molecule has 0 unspecified atom stereocenters. The molecule has 0 atom stereocenters. The van der Waals surface area contributed by atoms with Crippen LogP contribution in [-0.4, -0.2) is 60.0 Å². The third-order valence-electron chi connectivity index (χ3n) is 2.54. The lowest BCUT2D eigenvalue weighted by Crippen LogP contribution is -2.45. The molecule has 116 valence electrons. The van der Waals surface area contributed by atoms with Crippen molar-refractivity contribution in [2.45, 2.75) is 39.7 Å². The first-order valence-electron chi connectivity index (χ1n) is 6.86. The molecule has 0 saturated carbocycles. The number of hydrogen-bond donors (Lipinski definition) is 3. The van der Waals surface area contributed by atoms with E-state index in [9.17, 15) is 14.4 Å². The average Bonchev–Trinajstić information content (AvgIpc) is 2.33. The van der Waals surface area contributed by atoms with E-state index in [-0.39, 0.29) is 37.4 Å². The number of aliphatic carboxylic acids is 1. The molecule has 0 spiro atoms. The summed E-state index contributed by atoms with van der Waals surface area (Å²) >= 11 is 0. The molecule has 0 aromatic heterocycles. The molecule has 2 amide bonds. The fourth-order valence-electron chi connectivity index (χ4n) is 1.59. The van der Waals surface area contributed by atoms with Crippen LogP contribution in [0.3, 0.4) is 0 Å². The van der Waals surface area contributed by atoms with Crippen LogP contribution in [0.4, 0.5) is 0 Å². The van der Waals surface area contributed by atoms with Crippen LogP contribution in [0.5, 0.6) is 0 Å². The highest BCUT2D eigenvalue weighted by Crippen LogP contribution is 1.91. The minimum Gasteiger partial charge on any atom is -0.481 e. The number of carboxylic acid groups (broad SMARTS) is 1. The van der Waals surface area contributed by atoms with E-state index >= 15 is 0 Å². The minimum atomic E-state index is -0.848. The second-order valence-electron chi connectivity index (χ2n) is 4.80. The SMILES string of the molecule is CCN(CC(=O)NC(C)C)C(=O)CNCCCC(=O)O. The lowest BCUT2D eigenvalue weighted by atomic mass is 10.3. The van der Waals surface area contributed by atoms with Crippen LogP contribution < -0.4 is 10.6 Å². The summed E-state index contributed by atoms with van der Waals surface area (Å²) in [5, 5.41) is 14.1. The summed E-state index contributed by atoms with van der Waals surface area (Å²) in [6, 6.07) is 0.0467. The quantitative estimate of drug-likeness (QED) is 0.484. The normalized spacial score (nSPS) is 10.4. The topological polar surface area (TPSA) is 98.7 Å². The minimum absolute atomic E-state index is 0.0460. The van der Waals surface area contributed by atoms with E-state index < -0.39 is 5.97 Å². The van der Waals surface area contributed by atoms with E-state index in [0.717, 1.165) is 0 Å². The molecule has 0 aromatic rings. The molecule has 0 aromatic carbocycles. The lowest BCUT2D eigenvalue weighted by Gasteiger charge is -2.21. The third-order valence-corrected chi connectivity index (χ3v) is 2.54. The van der Waals surface area contributed by atoms with Crippen LogP contribution >= 0.6 is 0 Å². The fourth-order valence-corrected chi connectivity index (χ4v) is 1.59. The number of carbonyl (C=O) groups excluding carboxylic acids is 2. The number of carbonyl (C=O) groups is 3. The van der Waals surface area contributed by atoms with Gasteiger partial charge in [0.05, 0.1) is 13.1 Å². The summed E-state index contributed by atoms with van der Waals surface area (Å²) in [5.74, 6) is -1.19. The summed E-state index contributed by atoms with van der Waals surface area (Å²) in [6.07, 6.45) is 0.554. The van der Waals surface area contributed by atoms with Crippen LogP contribution in [-0.2, 0) is 14.4 Å². The zero-order chi connectivity index (χ0) is 15.5. The van der Waals surface area contributed by atoms with Crippen molar-refractivity contribution in [1.82, 2.24) is 15.5 Å². The summed E-state index contributed by atoms with van der Waals surface area (Å²) in [5.41, 5.74) is 0. The van der Waals surface area contributed by atoms with Gasteiger partial charge in [-0.05, 0) is 33.7 Å². The molecule has 0 fully saturated rings. The van der Waals surface area contributed by atoms with Gasteiger partial charge in [-0.25, -0.2) is 0 Å².